The summed E-state index contributed by atoms with van der Waals surface area (Å²) in [5.74, 6) is 0.620. The lowest BCUT2D eigenvalue weighted by molar-refractivity contribution is 0.898. The van der Waals surface area contributed by atoms with Gasteiger partial charge in [0.2, 0.25) is 0 Å². The van der Waals surface area contributed by atoms with Crippen molar-refractivity contribution in [2.75, 3.05) is 11.9 Å². The number of nitrogens with zero attached hydrogens (tertiary/aromatic N) is 2. The molecule has 0 N–H and O–H groups in total. The number of halogens is 3. The van der Waals surface area contributed by atoms with Crippen LogP contribution in [0.4, 0.5) is 5.82 Å². The minimum Gasteiger partial charge on any atom is -0.354 e. The first-order chi connectivity index (χ1) is 8.58. The second-order valence-electron chi connectivity index (χ2n) is 3.91. The molecular formula is C13H11Cl3N2. The SMILES string of the molecule is CN(Cc1ccccc1)c1nc(Cl)c(Cl)cc1Cl. The van der Waals surface area contributed by atoms with E-state index in [-0.39, 0.29) is 5.15 Å². The molecule has 0 saturated carbocycles. The van der Waals surface area contributed by atoms with Crippen molar-refractivity contribution in [2.24, 2.45) is 0 Å². The topological polar surface area (TPSA) is 16.1 Å². The van der Waals surface area contributed by atoms with E-state index in [1.165, 1.54) is 5.56 Å². The van der Waals surface area contributed by atoms with Gasteiger partial charge in [-0.05, 0) is 11.6 Å². The predicted molar refractivity (Wildman–Crippen MR) is 77.8 cm³/mol. The number of hydrogen-bond donors (Lipinski definition) is 0. The van der Waals surface area contributed by atoms with Crippen molar-refractivity contribution in [1.29, 1.82) is 0 Å². The third-order valence-corrected chi connectivity index (χ3v) is 3.44. The van der Waals surface area contributed by atoms with Crippen LogP contribution in [0.5, 0.6) is 0 Å². The number of aromatic nitrogens is 1. The molecule has 2 aromatic rings. The van der Waals surface area contributed by atoms with Crippen LogP contribution in [-0.4, -0.2) is 12.0 Å². The Morgan fingerprint density at radius 2 is 1.72 bits per heavy atom. The number of benzene rings is 1. The van der Waals surface area contributed by atoms with E-state index in [1.807, 2.05) is 42.3 Å². The molecule has 0 bridgehead atoms. The van der Waals surface area contributed by atoms with Crippen LogP contribution < -0.4 is 4.90 Å². The van der Waals surface area contributed by atoms with Gasteiger partial charge in [0.25, 0.3) is 0 Å². The highest BCUT2D eigenvalue weighted by atomic mass is 35.5. The van der Waals surface area contributed by atoms with Crippen LogP contribution in [0.25, 0.3) is 0 Å². The molecule has 0 spiro atoms. The van der Waals surface area contributed by atoms with Gasteiger partial charge in [-0.25, -0.2) is 4.98 Å². The molecule has 1 heterocycles. The van der Waals surface area contributed by atoms with Crippen LogP contribution in [-0.2, 0) is 6.54 Å². The summed E-state index contributed by atoms with van der Waals surface area (Å²) >= 11 is 17.9. The number of pyridine rings is 1. The van der Waals surface area contributed by atoms with Gasteiger partial charge >= 0.3 is 0 Å². The minimum atomic E-state index is 0.260. The first-order valence-corrected chi connectivity index (χ1v) is 6.48. The van der Waals surface area contributed by atoms with Crippen molar-refractivity contribution in [2.45, 2.75) is 6.54 Å². The van der Waals surface area contributed by atoms with Crippen LogP contribution in [0.1, 0.15) is 5.56 Å². The standard InChI is InChI=1S/C13H11Cl3N2/c1-18(8-9-5-3-2-4-6-9)13-11(15)7-10(14)12(16)17-13/h2-7H,8H2,1H3. The average Bonchev–Trinajstić information content (AvgIpc) is 2.35. The highest BCUT2D eigenvalue weighted by Gasteiger charge is 2.12. The second-order valence-corrected chi connectivity index (χ2v) is 5.08. The molecule has 5 heteroatoms. The molecule has 1 aromatic carbocycles. The van der Waals surface area contributed by atoms with Crippen LogP contribution in [0.3, 0.4) is 0 Å². The summed E-state index contributed by atoms with van der Waals surface area (Å²) in [5, 5.41) is 1.11. The molecule has 94 valence electrons. The van der Waals surface area contributed by atoms with Gasteiger partial charge in [0.05, 0.1) is 10.0 Å². The Morgan fingerprint density at radius 1 is 1.06 bits per heavy atom. The summed E-state index contributed by atoms with van der Waals surface area (Å²) in [4.78, 5) is 6.13. The van der Waals surface area contributed by atoms with Gasteiger partial charge in [-0.15, -0.1) is 0 Å². The third-order valence-electron chi connectivity index (χ3n) is 2.49. The van der Waals surface area contributed by atoms with Gasteiger partial charge in [0, 0.05) is 13.6 Å². The smallest absolute Gasteiger partial charge is 0.150 e. The van der Waals surface area contributed by atoms with E-state index in [0.717, 1.165) is 0 Å². The van der Waals surface area contributed by atoms with Crippen molar-refractivity contribution in [1.82, 2.24) is 4.98 Å². The van der Waals surface area contributed by atoms with Crippen molar-refractivity contribution >= 4 is 40.6 Å². The van der Waals surface area contributed by atoms with Crippen LogP contribution in [0.2, 0.25) is 15.2 Å². The zero-order valence-corrected chi connectivity index (χ0v) is 12.0. The second kappa shape index (κ2) is 5.79. The Balaban J connectivity index is 2.24. The number of hydrogen-bond acceptors (Lipinski definition) is 2. The molecular weight excluding hydrogens is 291 g/mol. The Bertz CT molecular complexity index is 543. The van der Waals surface area contributed by atoms with Crippen LogP contribution in [0.15, 0.2) is 36.4 Å². The molecule has 0 radical (unpaired) electrons. The van der Waals surface area contributed by atoms with Gasteiger partial charge in [0.1, 0.15) is 11.0 Å². The quantitative estimate of drug-likeness (QED) is 0.765. The van der Waals surface area contributed by atoms with E-state index in [0.29, 0.717) is 22.4 Å². The number of anilines is 1. The maximum absolute atomic E-state index is 6.12. The summed E-state index contributed by atoms with van der Waals surface area (Å²) in [6.07, 6.45) is 0. The Labute approximate surface area is 121 Å². The largest absolute Gasteiger partial charge is 0.354 e. The summed E-state index contributed by atoms with van der Waals surface area (Å²) in [6.45, 7) is 0.700. The lowest BCUT2D eigenvalue weighted by Crippen LogP contribution is -2.18. The lowest BCUT2D eigenvalue weighted by atomic mass is 10.2. The molecule has 0 aliphatic rings. The van der Waals surface area contributed by atoms with Crippen molar-refractivity contribution < 1.29 is 0 Å². The fourth-order valence-corrected chi connectivity index (χ4v) is 2.27. The van der Waals surface area contributed by atoms with E-state index in [9.17, 15) is 0 Å². The monoisotopic (exact) mass is 300 g/mol. The average molecular weight is 302 g/mol. The fraction of sp³-hybridized carbons (Fsp3) is 0.154. The van der Waals surface area contributed by atoms with E-state index in [1.54, 1.807) is 6.07 Å². The Morgan fingerprint density at radius 3 is 2.39 bits per heavy atom. The van der Waals surface area contributed by atoms with Crippen molar-refractivity contribution in [3.05, 3.63) is 57.2 Å². The summed E-state index contributed by atoms with van der Waals surface area (Å²) in [5.41, 5.74) is 1.17. The molecule has 0 atom stereocenters. The predicted octanol–water partition coefficient (Wildman–Crippen LogP) is 4.68. The zero-order valence-electron chi connectivity index (χ0n) is 9.70. The zero-order chi connectivity index (χ0) is 13.1. The summed E-state index contributed by atoms with van der Waals surface area (Å²) in [6, 6.07) is 11.7. The molecule has 0 saturated heterocycles. The van der Waals surface area contributed by atoms with Crippen molar-refractivity contribution in [3.63, 3.8) is 0 Å². The molecule has 0 fully saturated rings. The number of rotatable bonds is 3. The van der Waals surface area contributed by atoms with Gasteiger partial charge < -0.3 is 4.90 Å². The molecule has 0 aliphatic heterocycles. The van der Waals surface area contributed by atoms with Gasteiger partial charge in [-0.3, -0.25) is 0 Å². The van der Waals surface area contributed by atoms with Gasteiger partial charge in [0.15, 0.2) is 0 Å². The third kappa shape index (κ3) is 3.08. The van der Waals surface area contributed by atoms with Gasteiger partial charge in [-0.1, -0.05) is 65.1 Å². The molecule has 18 heavy (non-hydrogen) atoms. The summed E-state index contributed by atoms with van der Waals surface area (Å²) < 4.78 is 0. The van der Waals surface area contributed by atoms with E-state index in [2.05, 4.69) is 4.98 Å². The first kappa shape index (κ1) is 13.5. The minimum absolute atomic E-state index is 0.260. The molecule has 0 unspecified atom stereocenters. The highest BCUT2D eigenvalue weighted by Crippen LogP contribution is 2.31. The molecule has 2 nitrogen and oxygen atoms in total. The Kier molecular flexibility index (Phi) is 4.33. The fourth-order valence-electron chi connectivity index (χ4n) is 1.63. The van der Waals surface area contributed by atoms with E-state index >= 15 is 0 Å². The van der Waals surface area contributed by atoms with Crippen molar-refractivity contribution in [3.8, 4) is 0 Å². The molecule has 1 aromatic heterocycles. The van der Waals surface area contributed by atoms with Gasteiger partial charge in [-0.2, -0.15) is 0 Å². The Hall–Kier alpha value is -0.960. The lowest BCUT2D eigenvalue weighted by Gasteiger charge is -2.19. The molecule has 2 rings (SSSR count). The molecule has 0 amide bonds. The normalized spacial score (nSPS) is 10.4. The molecule has 0 aliphatic carbocycles. The summed E-state index contributed by atoms with van der Waals surface area (Å²) in [7, 11) is 1.91. The maximum Gasteiger partial charge on any atom is 0.150 e. The van der Waals surface area contributed by atoms with E-state index < -0.39 is 0 Å². The van der Waals surface area contributed by atoms with Crippen LogP contribution in [0, 0.1) is 0 Å². The van der Waals surface area contributed by atoms with Crippen LogP contribution >= 0.6 is 34.8 Å². The van der Waals surface area contributed by atoms with E-state index in [4.69, 9.17) is 34.8 Å². The first-order valence-electron chi connectivity index (χ1n) is 5.34. The maximum atomic E-state index is 6.12. The highest BCUT2D eigenvalue weighted by molar-refractivity contribution is 6.42.